The summed E-state index contributed by atoms with van der Waals surface area (Å²) in [6, 6.07) is 9.44. The quantitative estimate of drug-likeness (QED) is 0.540. The molecule has 0 amide bonds. The summed E-state index contributed by atoms with van der Waals surface area (Å²) >= 11 is 0. The van der Waals surface area contributed by atoms with Gasteiger partial charge in [0.2, 0.25) is 0 Å². The van der Waals surface area contributed by atoms with Gasteiger partial charge in [-0.05, 0) is 37.1 Å². The van der Waals surface area contributed by atoms with Crippen molar-refractivity contribution in [2.75, 3.05) is 18.0 Å². The van der Waals surface area contributed by atoms with Gasteiger partial charge in [0.15, 0.2) is 5.65 Å². The minimum atomic E-state index is -0.604. The highest BCUT2D eigenvalue weighted by atomic mass is 19.1. The van der Waals surface area contributed by atoms with Gasteiger partial charge in [-0.2, -0.15) is 0 Å². The first-order valence-electron chi connectivity index (χ1n) is 8.12. The van der Waals surface area contributed by atoms with Crippen LogP contribution in [0.15, 0.2) is 42.6 Å². The van der Waals surface area contributed by atoms with Crippen molar-refractivity contribution in [3.05, 3.63) is 64.4 Å². The number of pyridine rings is 1. The molecule has 1 fully saturated rings. The Morgan fingerprint density at radius 3 is 2.96 bits per heavy atom. The second-order valence-electron chi connectivity index (χ2n) is 6.16. The topological polar surface area (TPSA) is 76.6 Å². The summed E-state index contributed by atoms with van der Waals surface area (Å²) in [5.74, 6) is 0.355. The van der Waals surface area contributed by atoms with E-state index in [1.807, 2.05) is 33.7 Å². The Kier molecular flexibility index (Phi) is 3.79. The van der Waals surface area contributed by atoms with Crippen molar-refractivity contribution in [1.29, 1.82) is 0 Å². The predicted octanol–water partition coefficient (Wildman–Crippen LogP) is 3.16. The second-order valence-corrected chi connectivity index (χ2v) is 6.16. The van der Waals surface area contributed by atoms with E-state index in [1.165, 1.54) is 12.1 Å². The number of hydrogen-bond acceptors (Lipinski definition) is 5. The molecule has 128 valence electrons. The van der Waals surface area contributed by atoms with Crippen LogP contribution < -0.4 is 4.90 Å². The smallest absolute Gasteiger partial charge is 0.295 e. The third-order valence-corrected chi connectivity index (χ3v) is 4.60. The van der Waals surface area contributed by atoms with Crippen molar-refractivity contribution in [1.82, 2.24) is 14.6 Å². The normalized spacial score (nSPS) is 17.8. The Hall–Kier alpha value is -3.03. The van der Waals surface area contributed by atoms with Gasteiger partial charge in [0.25, 0.3) is 5.69 Å². The third-order valence-electron chi connectivity index (χ3n) is 4.60. The molecule has 7 nitrogen and oxygen atoms in total. The van der Waals surface area contributed by atoms with E-state index in [2.05, 4.69) is 10.2 Å². The summed E-state index contributed by atoms with van der Waals surface area (Å²) in [5, 5.41) is 19.8. The van der Waals surface area contributed by atoms with Crippen LogP contribution in [0.25, 0.3) is 5.65 Å². The molecule has 4 rings (SSSR count). The van der Waals surface area contributed by atoms with Crippen molar-refractivity contribution in [3.63, 3.8) is 0 Å². The van der Waals surface area contributed by atoms with E-state index in [1.54, 1.807) is 0 Å². The van der Waals surface area contributed by atoms with Crippen LogP contribution in [0, 0.1) is 15.9 Å². The van der Waals surface area contributed by atoms with Gasteiger partial charge in [-0.3, -0.25) is 14.5 Å². The van der Waals surface area contributed by atoms with Crippen LogP contribution in [-0.2, 0) is 0 Å². The van der Waals surface area contributed by atoms with E-state index in [-0.39, 0.29) is 11.6 Å². The highest BCUT2D eigenvalue weighted by molar-refractivity contribution is 5.63. The predicted molar refractivity (Wildman–Crippen MR) is 90.2 cm³/mol. The number of benzene rings is 1. The molecule has 0 saturated carbocycles. The summed E-state index contributed by atoms with van der Waals surface area (Å²) in [4.78, 5) is 12.7. The SMILES string of the molecule is O=[N+]([O-])c1cc(F)ccc1N1CCCC(c2nnc3ccccn23)C1. The van der Waals surface area contributed by atoms with Gasteiger partial charge >= 0.3 is 0 Å². The third kappa shape index (κ3) is 2.79. The number of halogens is 1. The molecule has 0 N–H and O–H groups in total. The minimum absolute atomic E-state index is 0.107. The fourth-order valence-corrected chi connectivity index (χ4v) is 3.46. The molecule has 1 aliphatic heterocycles. The monoisotopic (exact) mass is 341 g/mol. The lowest BCUT2D eigenvalue weighted by atomic mass is 9.96. The number of fused-ring (bicyclic) bond motifs is 1. The Morgan fingerprint density at radius 2 is 2.12 bits per heavy atom. The number of rotatable bonds is 3. The highest BCUT2D eigenvalue weighted by Crippen LogP contribution is 2.34. The number of anilines is 1. The maximum absolute atomic E-state index is 13.4. The molecular formula is C17H16FN5O2. The van der Waals surface area contributed by atoms with Crippen LogP contribution in [0.4, 0.5) is 15.8 Å². The molecule has 1 aromatic carbocycles. The van der Waals surface area contributed by atoms with E-state index in [4.69, 9.17) is 0 Å². The first-order valence-corrected chi connectivity index (χ1v) is 8.12. The molecule has 0 radical (unpaired) electrons. The summed E-state index contributed by atoms with van der Waals surface area (Å²) in [7, 11) is 0. The van der Waals surface area contributed by atoms with Crippen LogP contribution in [0.2, 0.25) is 0 Å². The summed E-state index contributed by atoms with van der Waals surface area (Å²) < 4.78 is 15.4. The number of nitro groups is 1. The zero-order valence-corrected chi connectivity index (χ0v) is 13.4. The van der Waals surface area contributed by atoms with Gasteiger partial charge in [-0.15, -0.1) is 10.2 Å². The largest absolute Gasteiger partial charge is 0.365 e. The zero-order valence-electron chi connectivity index (χ0n) is 13.4. The van der Waals surface area contributed by atoms with Gasteiger partial charge < -0.3 is 4.90 Å². The molecule has 0 bridgehead atoms. The van der Waals surface area contributed by atoms with Crippen LogP contribution in [0.3, 0.4) is 0 Å². The number of piperidine rings is 1. The molecule has 1 saturated heterocycles. The molecule has 25 heavy (non-hydrogen) atoms. The van der Waals surface area contributed by atoms with Gasteiger partial charge in [0, 0.05) is 25.2 Å². The lowest BCUT2D eigenvalue weighted by Crippen LogP contribution is -2.35. The average Bonchev–Trinajstić information content (AvgIpc) is 3.06. The summed E-state index contributed by atoms with van der Waals surface area (Å²) in [6.07, 6.45) is 3.73. The number of hydrogen-bond donors (Lipinski definition) is 0. The minimum Gasteiger partial charge on any atom is -0.365 e. The van der Waals surface area contributed by atoms with Gasteiger partial charge in [-0.25, -0.2) is 4.39 Å². The number of nitrogens with zero attached hydrogens (tertiary/aromatic N) is 5. The standard InChI is InChI=1S/C17H16FN5O2/c18-13-6-7-14(15(10-13)23(24)25)21-8-3-4-12(11-21)17-20-19-16-5-1-2-9-22(16)17/h1-2,5-7,9-10,12H,3-4,8,11H2. The second kappa shape index (κ2) is 6.12. The van der Waals surface area contributed by atoms with Crippen LogP contribution in [-0.4, -0.2) is 32.6 Å². The lowest BCUT2D eigenvalue weighted by Gasteiger charge is -2.33. The van der Waals surface area contributed by atoms with Crippen molar-refractivity contribution >= 4 is 17.0 Å². The Morgan fingerprint density at radius 1 is 1.24 bits per heavy atom. The lowest BCUT2D eigenvalue weighted by molar-refractivity contribution is -0.384. The fourth-order valence-electron chi connectivity index (χ4n) is 3.46. The van der Waals surface area contributed by atoms with Crippen LogP contribution in [0.1, 0.15) is 24.6 Å². The van der Waals surface area contributed by atoms with Crippen LogP contribution in [0.5, 0.6) is 0 Å². The first kappa shape index (κ1) is 15.5. The molecule has 3 aromatic rings. The van der Waals surface area contributed by atoms with Gasteiger partial charge in [0.05, 0.1) is 11.0 Å². The Balaban J connectivity index is 1.67. The molecule has 1 atom stereocenters. The highest BCUT2D eigenvalue weighted by Gasteiger charge is 2.29. The molecule has 2 aromatic heterocycles. The van der Waals surface area contributed by atoms with E-state index in [0.717, 1.165) is 30.4 Å². The fraction of sp³-hybridized carbons (Fsp3) is 0.294. The van der Waals surface area contributed by atoms with E-state index in [0.29, 0.717) is 18.8 Å². The van der Waals surface area contributed by atoms with Crippen molar-refractivity contribution in [2.45, 2.75) is 18.8 Å². The molecule has 0 spiro atoms. The number of nitro benzene ring substituents is 1. The van der Waals surface area contributed by atoms with Gasteiger partial charge in [-0.1, -0.05) is 6.07 Å². The van der Waals surface area contributed by atoms with Crippen molar-refractivity contribution in [3.8, 4) is 0 Å². The maximum Gasteiger partial charge on any atom is 0.295 e. The summed E-state index contributed by atoms with van der Waals surface area (Å²) in [6.45, 7) is 1.28. The maximum atomic E-state index is 13.4. The van der Waals surface area contributed by atoms with Crippen molar-refractivity contribution < 1.29 is 9.31 Å². The Bertz CT molecular complexity index is 942. The van der Waals surface area contributed by atoms with Crippen molar-refractivity contribution in [2.24, 2.45) is 0 Å². The molecule has 8 heteroatoms. The number of aromatic nitrogens is 3. The first-order chi connectivity index (χ1) is 12.1. The van der Waals surface area contributed by atoms with E-state index < -0.39 is 10.7 Å². The van der Waals surface area contributed by atoms with E-state index >= 15 is 0 Å². The molecule has 1 aliphatic rings. The zero-order chi connectivity index (χ0) is 17.4. The molecule has 1 unspecified atom stereocenters. The Labute approximate surface area is 142 Å². The molecule has 3 heterocycles. The molecular weight excluding hydrogens is 325 g/mol. The van der Waals surface area contributed by atoms with Gasteiger partial charge in [0.1, 0.15) is 17.3 Å². The van der Waals surface area contributed by atoms with Crippen LogP contribution >= 0.6 is 0 Å². The summed E-state index contributed by atoms with van der Waals surface area (Å²) in [5.41, 5.74) is 1.03. The average molecular weight is 341 g/mol. The molecule has 0 aliphatic carbocycles. The van der Waals surface area contributed by atoms with E-state index in [9.17, 15) is 14.5 Å².